The fraction of sp³-hybridized carbons (Fsp3) is 0.0833. The first-order valence-electron chi connectivity index (χ1n) is 4.73. The minimum Gasteiger partial charge on any atom is -0.487 e. The van der Waals surface area contributed by atoms with Gasteiger partial charge in [0.25, 0.3) is 0 Å². The van der Waals surface area contributed by atoms with E-state index in [1.807, 2.05) is 36.4 Å². The zero-order valence-electron chi connectivity index (χ0n) is 8.26. The molecule has 0 aliphatic heterocycles. The fourth-order valence-electron chi connectivity index (χ4n) is 1.25. The van der Waals surface area contributed by atoms with Crippen LogP contribution < -0.4 is 10.5 Å². The van der Waals surface area contributed by atoms with Crippen molar-refractivity contribution in [1.82, 2.24) is 4.98 Å². The Bertz CT molecular complexity index is 429. The monoisotopic (exact) mass is 200 g/mol. The fourth-order valence-corrected chi connectivity index (χ4v) is 1.25. The van der Waals surface area contributed by atoms with Gasteiger partial charge in [-0.25, -0.2) is 0 Å². The number of hydrogen-bond donors (Lipinski definition) is 1. The first-order chi connectivity index (χ1) is 7.34. The zero-order chi connectivity index (χ0) is 10.5. The number of rotatable bonds is 3. The highest BCUT2D eigenvalue weighted by Crippen LogP contribution is 2.11. The van der Waals surface area contributed by atoms with E-state index in [1.54, 1.807) is 12.3 Å². The van der Waals surface area contributed by atoms with E-state index in [1.165, 1.54) is 0 Å². The summed E-state index contributed by atoms with van der Waals surface area (Å²) in [5.41, 5.74) is 7.17. The van der Waals surface area contributed by atoms with Crippen LogP contribution in [0.1, 0.15) is 5.69 Å². The summed E-state index contributed by atoms with van der Waals surface area (Å²) < 4.78 is 5.53. The van der Waals surface area contributed by atoms with Gasteiger partial charge < -0.3 is 10.5 Å². The SMILES string of the molecule is Nc1ccnc(COc2ccccc2)c1. The van der Waals surface area contributed by atoms with Crippen molar-refractivity contribution < 1.29 is 4.74 Å². The molecule has 3 heteroatoms. The Morgan fingerprint density at radius 2 is 1.93 bits per heavy atom. The summed E-state index contributed by atoms with van der Waals surface area (Å²) in [7, 11) is 0. The molecule has 0 saturated heterocycles. The number of pyridine rings is 1. The molecule has 0 unspecified atom stereocenters. The summed E-state index contributed by atoms with van der Waals surface area (Å²) in [5, 5.41) is 0. The Labute approximate surface area is 88.5 Å². The molecule has 0 aliphatic rings. The van der Waals surface area contributed by atoms with E-state index in [4.69, 9.17) is 10.5 Å². The van der Waals surface area contributed by atoms with Crippen LogP contribution in [0, 0.1) is 0 Å². The molecule has 0 fully saturated rings. The number of nitrogen functional groups attached to an aromatic ring is 1. The van der Waals surface area contributed by atoms with Crippen molar-refractivity contribution in [3.63, 3.8) is 0 Å². The molecule has 2 N–H and O–H groups in total. The maximum absolute atomic E-state index is 5.63. The molecule has 3 nitrogen and oxygen atoms in total. The van der Waals surface area contributed by atoms with E-state index >= 15 is 0 Å². The van der Waals surface area contributed by atoms with Crippen LogP contribution in [0.15, 0.2) is 48.7 Å². The summed E-state index contributed by atoms with van der Waals surface area (Å²) in [6, 6.07) is 13.2. The van der Waals surface area contributed by atoms with E-state index in [2.05, 4.69) is 4.98 Å². The maximum Gasteiger partial charge on any atom is 0.130 e. The average Bonchev–Trinajstić information content (AvgIpc) is 2.28. The van der Waals surface area contributed by atoms with Crippen LogP contribution >= 0.6 is 0 Å². The molecule has 2 aromatic rings. The number of ether oxygens (including phenoxy) is 1. The second-order valence-electron chi connectivity index (χ2n) is 3.18. The summed E-state index contributed by atoms with van der Waals surface area (Å²) >= 11 is 0. The van der Waals surface area contributed by atoms with Gasteiger partial charge in [0.15, 0.2) is 0 Å². The van der Waals surface area contributed by atoms with E-state index < -0.39 is 0 Å². The number of benzene rings is 1. The van der Waals surface area contributed by atoms with Gasteiger partial charge >= 0.3 is 0 Å². The maximum atomic E-state index is 5.63. The van der Waals surface area contributed by atoms with Gasteiger partial charge in [0, 0.05) is 11.9 Å². The molecule has 0 saturated carbocycles. The molecule has 0 spiro atoms. The third-order valence-corrected chi connectivity index (χ3v) is 1.97. The van der Waals surface area contributed by atoms with Gasteiger partial charge in [-0.2, -0.15) is 0 Å². The Morgan fingerprint density at radius 3 is 2.67 bits per heavy atom. The smallest absolute Gasteiger partial charge is 0.130 e. The highest BCUT2D eigenvalue weighted by Gasteiger charge is 1.96. The average molecular weight is 200 g/mol. The molecule has 0 amide bonds. The molecular formula is C12H12N2O. The van der Waals surface area contributed by atoms with Crippen LogP contribution in [0.2, 0.25) is 0 Å². The van der Waals surface area contributed by atoms with Gasteiger partial charge in [0.05, 0.1) is 5.69 Å². The first kappa shape index (κ1) is 9.52. The van der Waals surface area contributed by atoms with Gasteiger partial charge in [-0.1, -0.05) is 18.2 Å². The largest absolute Gasteiger partial charge is 0.487 e. The quantitative estimate of drug-likeness (QED) is 0.826. The highest BCUT2D eigenvalue weighted by atomic mass is 16.5. The van der Waals surface area contributed by atoms with Gasteiger partial charge in [-0.15, -0.1) is 0 Å². The number of para-hydroxylation sites is 1. The van der Waals surface area contributed by atoms with Crippen LogP contribution in [-0.4, -0.2) is 4.98 Å². The Hall–Kier alpha value is -2.03. The van der Waals surface area contributed by atoms with Crippen LogP contribution in [-0.2, 0) is 6.61 Å². The van der Waals surface area contributed by atoms with E-state index in [0.29, 0.717) is 12.3 Å². The number of aromatic nitrogens is 1. The highest BCUT2D eigenvalue weighted by molar-refractivity contribution is 5.37. The van der Waals surface area contributed by atoms with E-state index in [-0.39, 0.29) is 0 Å². The summed E-state index contributed by atoms with van der Waals surface area (Å²) in [5.74, 6) is 0.835. The Morgan fingerprint density at radius 1 is 1.13 bits per heavy atom. The molecule has 0 aliphatic carbocycles. The summed E-state index contributed by atoms with van der Waals surface area (Å²) in [6.45, 7) is 0.440. The Kier molecular flexibility index (Phi) is 2.83. The minimum atomic E-state index is 0.440. The molecule has 0 atom stereocenters. The molecule has 1 heterocycles. The minimum absolute atomic E-state index is 0.440. The lowest BCUT2D eigenvalue weighted by Gasteiger charge is -2.05. The van der Waals surface area contributed by atoms with E-state index in [0.717, 1.165) is 11.4 Å². The van der Waals surface area contributed by atoms with Crippen molar-refractivity contribution in [3.05, 3.63) is 54.4 Å². The molecule has 0 bridgehead atoms. The van der Waals surface area contributed by atoms with Crippen LogP contribution in [0.25, 0.3) is 0 Å². The molecule has 15 heavy (non-hydrogen) atoms. The molecular weight excluding hydrogens is 188 g/mol. The van der Waals surface area contributed by atoms with Crippen LogP contribution in [0.4, 0.5) is 5.69 Å². The van der Waals surface area contributed by atoms with E-state index in [9.17, 15) is 0 Å². The second kappa shape index (κ2) is 4.46. The first-order valence-corrected chi connectivity index (χ1v) is 4.73. The number of anilines is 1. The third-order valence-electron chi connectivity index (χ3n) is 1.97. The topological polar surface area (TPSA) is 48.1 Å². The van der Waals surface area contributed by atoms with Crippen LogP contribution in [0.3, 0.4) is 0 Å². The lowest BCUT2D eigenvalue weighted by molar-refractivity contribution is 0.301. The zero-order valence-corrected chi connectivity index (χ0v) is 8.26. The standard InChI is InChI=1S/C12H12N2O/c13-10-6-7-14-11(8-10)9-15-12-4-2-1-3-5-12/h1-8H,9H2,(H2,13,14). The lowest BCUT2D eigenvalue weighted by Crippen LogP contribution is -1.98. The number of hydrogen-bond acceptors (Lipinski definition) is 3. The molecule has 1 aromatic heterocycles. The lowest BCUT2D eigenvalue weighted by atomic mass is 10.3. The van der Waals surface area contributed by atoms with Gasteiger partial charge in [-0.3, -0.25) is 4.98 Å². The van der Waals surface area contributed by atoms with Gasteiger partial charge in [-0.05, 0) is 24.3 Å². The van der Waals surface area contributed by atoms with Crippen molar-refractivity contribution >= 4 is 5.69 Å². The van der Waals surface area contributed by atoms with Gasteiger partial charge in [0.1, 0.15) is 12.4 Å². The molecule has 2 rings (SSSR count). The summed E-state index contributed by atoms with van der Waals surface area (Å²) in [6.07, 6.45) is 1.68. The Balaban J connectivity index is 1.99. The molecule has 0 radical (unpaired) electrons. The predicted molar refractivity (Wildman–Crippen MR) is 59.4 cm³/mol. The second-order valence-corrected chi connectivity index (χ2v) is 3.18. The van der Waals surface area contributed by atoms with Crippen molar-refractivity contribution in [2.75, 3.05) is 5.73 Å². The van der Waals surface area contributed by atoms with Crippen molar-refractivity contribution in [2.24, 2.45) is 0 Å². The van der Waals surface area contributed by atoms with Crippen LogP contribution in [0.5, 0.6) is 5.75 Å². The molecule has 76 valence electrons. The van der Waals surface area contributed by atoms with Crippen molar-refractivity contribution in [3.8, 4) is 5.75 Å². The number of nitrogens with zero attached hydrogens (tertiary/aromatic N) is 1. The predicted octanol–water partition coefficient (Wildman–Crippen LogP) is 2.24. The normalized spacial score (nSPS) is 9.87. The van der Waals surface area contributed by atoms with Gasteiger partial charge in [0.2, 0.25) is 0 Å². The number of nitrogens with two attached hydrogens (primary N) is 1. The summed E-state index contributed by atoms with van der Waals surface area (Å²) in [4.78, 5) is 4.15. The van der Waals surface area contributed by atoms with Crippen molar-refractivity contribution in [2.45, 2.75) is 6.61 Å². The molecule has 1 aromatic carbocycles. The third kappa shape index (κ3) is 2.71. The van der Waals surface area contributed by atoms with Crippen molar-refractivity contribution in [1.29, 1.82) is 0 Å².